The van der Waals surface area contributed by atoms with Crippen LogP contribution in [0.2, 0.25) is 0 Å². The third-order valence-corrected chi connectivity index (χ3v) is 3.26. The summed E-state index contributed by atoms with van der Waals surface area (Å²) in [5.74, 6) is 3.32. The molecule has 0 aliphatic heterocycles. The highest BCUT2D eigenvalue weighted by molar-refractivity contribution is 5.33. The zero-order valence-electron chi connectivity index (χ0n) is 12.8. The minimum Gasteiger partial charge on any atom is -0.481 e. The zero-order chi connectivity index (χ0) is 15.6. The fourth-order valence-electron chi connectivity index (χ4n) is 2.17. The quantitative estimate of drug-likeness (QED) is 0.759. The first kappa shape index (κ1) is 16.1. The van der Waals surface area contributed by atoms with Crippen LogP contribution in [0.15, 0.2) is 48.5 Å². The molecule has 0 radical (unpaired) electrons. The van der Waals surface area contributed by atoms with Crippen molar-refractivity contribution in [3.05, 3.63) is 65.2 Å². The van der Waals surface area contributed by atoms with E-state index in [1.807, 2.05) is 24.3 Å². The molecule has 0 aliphatic carbocycles. The first-order chi connectivity index (χ1) is 10.8. The van der Waals surface area contributed by atoms with Crippen molar-refractivity contribution in [2.45, 2.75) is 19.7 Å². The number of para-hydroxylation sites is 1. The Morgan fingerprint density at radius 1 is 1.00 bits per heavy atom. The molecular formula is C19H21NO2. The van der Waals surface area contributed by atoms with Gasteiger partial charge in [0.25, 0.3) is 0 Å². The Morgan fingerprint density at radius 2 is 1.73 bits per heavy atom. The number of terminal acetylenes is 1. The average Bonchev–Trinajstić information content (AvgIpc) is 2.56. The number of hydrogen-bond acceptors (Lipinski definition) is 3. The summed E-state index contributed by atoms with van der Waals surface area (Å²) >= 11 is 0. The van der Waals surface area contributed by atoms with Gasteiger partial charge >= 0.3 is 0 Å². The Bertz CT molecular complexity index is 614. The van der Waals surface area contributed by atoms with E-state index in [0.717, 1.165) is 24.4 Å². The van der Waals surface area contributed by atoms with E-state index >= 15 is 0 Å². The first-order valence-electron chi connectivity index (χ1n) is 7.25. The van der Waals surface area contributed by atoms with Crippen molar-refractivity contribution >= 4 is 0 Å². The van der Waals surface area contributed by atoms with Crippen molar-refractivity contribution in [1.82, 2.24) is 5.32 Å². The molecule has 1 N–H and O–H groups in total. The Morgan fingerprint density at radius 3 is 2.45 bits per heavy atom. The van der Waals surface area contributed by atoms with Crippen LogP contribution in [-0.4, -0.2) is 13.7 Å². The summed E-state index contributed by atoms with van der Waals surface area (Å²) in [4.78, 5) is 0. The monoisotopic (exact) mass is 295 g/mol. The van der Waals surface area contributed by atoms with Crippen LogP contribution in [0.1, 0.15) is 16.7 Å². The standard InChI is InChI=1S/C19H21NO2/c1-3-12-22-19-7-5-4-6-18(19)14-20-13-16-8-10-17(11-9-16)15-21-2/h1,4-11,20H,12-15H2,2H3. The minimum atomic E-state index is 0.290. The predicted molar refractivity (Wildman–Crippen MR) is 88.5 cm³/mol. The lowest BCUT2D eigenvalue weighted by Gasteiger charge is -2.11. The molecule has 3 nitrogen and oxygen atoms in total. The van der Waals surface area contributed by atoms with Gasteiger partial charge in [-0.3, -0.25) is 0 Å². The average molecular weight is 295 g/mol. The van der Waals surface area contributed by atoms with Gasteiger partial charge in [-0.1, -0.05) is 48.4 Å². The third-order valence-electron chi connectivity index (χ3n) is 3.26. The lowest BCUT2D eigenvalue weighted by molar-refractivity contribution is 0.185. The third kappa shape index (κ3) is 4.92. The maximum absolute atomic E-state index is 5.54. The molecule has 0 saturated heterocycles. The van der Waals surface area contributed by atoms with E-state index < -0.39 is 0 Å². The van der Waals surface area contributed by atoms with Gasteiger partial charge in [-0.15, -0.1) is 6.42 Å². The zero-order valence-corrected chi connectivity index (χ0v) is 12.8. The summed E-state index contributed by atoms with van der Waals surface area (Å²) in [6.45, 7) is 2.48. The van der Waals surface area contributed by atoms with Crippen molar-refractivity contribution in [2.24, 2.45) is 0 Å². The molecule has 0 atom stereocenters. The minimum absolute atomic E-state index is 0.290. The van der Waals surface area contributed by atoms with Crippen LogP contribution in [0.4, 0.5) is 0 Å². The van der Waals surface area contributed by atoms with E-state index in [-0.39, 0.29) is 6.61 Å². The number of nitrogens with one attached hydrogen (secondary N) is 1. The smallest absolute Gasteiger partial charge is 0.148 e. The van der Waals surface area contributed by atoms with E-state index in [4.69, 9.17) is 15.9 Å². The van der Waals surface area contributed by atoms with Crippen molar-refractivity contribution < 1.29 is 9.47 Å². The van der Waals surface area contributed by atoms with Crippen molar-refractivity contribution in [3.63, 3.8) is 0 Å². The van der Waals surface area contributed by atoms with Gasteiger partial charge < -0.3 is 14.8 Å². The second-order valence-electron chi connectivity index (χ2n) is 4.95. The number of methoxy groups -OCH3 is 1. The summed E-state index contributed by atoms with van der Waals surface area (Å²) in [7, 11) is 1.70. The largest absolute Gasteiger partial charge is 0.481 e. The summed E-state index contributed by atoms with van der Waals surface area (Å²) < 4.78 is 10.7. The Hall–Kier alpha value is -2.28. The molecule has 0 saturated carbocycles. The molecule has 3 heteroatoms. The fourth-order valence-corrected chi connectivity index (χ4v) is 2.17. The normalized spacial score (nSPS) is 10.2. The second-order valence-corrected chi connectivity index (χ2v) is 4.95. The molecule has 0 spiro atoms. The molecule has 2 rings (SSSR count). The van der Waals surface area contributed by atoms with Crippen LogP contribution in [0.3, 0.4) is 0 Å². The van der Waals surface area contributed by atoms with Gasteiger partial charge in [0.15, 0.2) is 0 Å². The molecule has 0 amide bonds. The topological polar surface area (TPSA) is 30.5 Å². The van der Waals surface area contributed by atoms with Gasteiger partial charge in [0, 0.05) is 25.8 Å². The van der Waals surface area contributed by atoms with Crippen LogP contribution in [0.25, 0.3) is 0 Å². The molecule has 0 heterocycles. The van der Waals surface area contributed by atoms with Gasteiger partial charge in [0.05, 0.1) is 6.61 Å². The van der Waals surface area contributed by atoms with E-state index in [2.05, 4.69) is 35.5 Å². The molecule has 114 valence electrons. The van der Waals surface area contributed by atoms with E-state index in [1.54, 1.807) is 7.11 Å². The highest BCUT2D eigenvalue weighted by Crippen LogP contribution is 2.17. The fraction of sp³-hybridized carbons (Fsp3) is 0.263. The Kier molecular flexibility index (Phi) is 6.50. The van der Waals surface area contributed by atoms with Gasteiger partial charge in [0.2, 0.25) is 0 Å². The highest BCUT2D eigenvalue weighted by Gasteiger charge is 2.02. The van der Waals surface area contributed by atoms with E-state index in [0.29, 0.717) is 6.61 Å². The first-order valence-corrected chi connectivity index (χ1v) is 7.25. The van der Waals surface area contributed by atoms with Crippen LogP contribution >= 0.6 is 0 Å². The molecule has 0 fully saturated rings. The number of ether oxygens (including phenoxy) is 2. The molecule has 2 aromatic rings. The molecule has 0 aromatic heterocycles. The van der Waals surface area contributed by atoms with E-state index in [9.17, 15) is 0 Å². The van der Waals surface area contributed by atoms with Gasteiger partial charge in [-0.2, -0.15) is 0 Å². The SMILES string of the molecule is C#CCOc1ccccc1CNCc1ccc(COC)cc1. The lowest BCUT2D eigenvalue weighted by atomic mass is 10.1. The van der Waals surface area contributed by atoms with Crippen molar-refractivity contribution in [1.29, 1.82) is 0 Å². The van der Waals surface area contributed by atoms with Crippen LogP contribution in [0.5, 0.6) is 5.75 Å². The molecule has 0 aliphatic rings. The molecule has 2 aromatic carbocycles. The number of benzene rings is 2. The maximum Gasteiger partial charge on any atom is 0.148 e. The van der Waals surface area contributed by atoms with Gasteiger partial charge in [-0.05, 0) is 17.2 Å². The molecular weight excluding hydrogens is 274 g/mol. The van der Waals surface area contributed by atoms with E-state index in [1.165, 1.54) is 11.1 Å². The summed E-state index contributed by atoms with van der Waals surface area (Å²) in [6.07, 6.45) is 5.24. The van der Waals surface area contributed by atoms with Crippen LogP contribution in [0, 0.1) is 12.3 Å². The number of rotatable bonds is 8. The summed E-state index contributed by atoms with van der Waals surface area (Å²) in [5.41, 5.74) is 3.52. The molecule has 0 unspecified atom stereocenters. The van der Waals surface area contributed by atoms with Crippen LogP contribution in [-0.2, 0) is 24.4 Å². The molecule has 22 heavy (non-hydrogen) atoms. The highest BCUT2D eigenvalue weighted by atomic mass is 16.5. The van der Waals surface area contributed by atoms with Crippen molar-refractivity contribution in [3.8, 4) is 18.1 Å². The van der Waals surface area contributed by atoms with Crippen LogP contribution < -0.4 is 10.1 Å². The predicted octanol–water partition coefficient (Wildman–Crippen LogP) is 3.13. The Labute approximate surface area is 132 Å². The van der Waals surface area contributed by atoms with Gasteiger partial charge in [-0.25, -0.2) is 0 Å². The summed E-state index contributed by atoms with van der Waals surface area (Å²) in [6, 6.07) is 16.3. The summed E-state index contributed by atoms with van der Waals surface area (Å²) in [5, 5.41) is 3.42. The molecule has 0 bridgehead atoms. The second kappa shape index (κ2) is 8.89. The lowest BCUT2D eigenvalue weighted by Crippen LogP contribution is -2.13. The Balaban J connectivity index is 1.87. The maximum atomic E-state index is 5.54. The van der Waals surface area contributed by atoms with Crippen molar-refractivity contribution in [2.75, 3.05) is 13.7 Å². The van der Waals surface area contributed by atoms with Gasteiger partial charge in [0.1, 0.15) is 12.4 Å². The number of hydrogen-bond donors (Lipinski definition) is 1.